The molecule has 0 bridgehead atoms. The molecule has 10 heteroatoms. The van der Waals surface area contributed by atoms with Gasteiger partial charge < -0.3 is 21.1 Å². The van der Waals surface area contributed by atoms with Gasteiger partial charge in [-0.25, -0.2) is 13.2 Å². The molecule has 3 amide bonds. The zero-order valence-corrected chi connectivity index (χ0v) is 18.3. The summed E-state index contributed by atoms with van der Waals surface area (Å²) in [6.45, 7) is 9.03. The van der Waals surface area contributed by atoms with Crippen molar-refractivity contribution in [2.75, 3.05) is 13.1 Å². The highest BCUT2D eigenvalue weighted by Crippen LogP contribution is 2.26. The van der Waals surface area contributed by atoms with Gasteiger partial charge >= 0.3 is 6.03 Å². The van der Waals surface area contributed by atoms with Gasteiger partial charge in [-0.05, 0) is 45.7 Å². The Morgan fingerprint density at radius 1 is 1.27 bits per heavy atom. The van der Waals surface area contributed by atoms with E-state index in [0.717, 1.165) is 0 Å². The summed E-state index contributed by atoms with van der Waals surface area (Å²) in [6, 6.07) is 5.61. The molecule has 1 fully saturated rings. The summed E-state index contributed by atoms with van der Waals surface area (Å²) in [6.07, 6.45) is 0.904. The van der Waals surface area contributed by atoms with Gasteiger partial charge in [-0.15, -0.1) is 0 Å². The highest BCUT2D eigenvalue weighted by molar-refractivity contribution is 7.89. The lowest BCUT2D eigenvalue weighted by molar-refractivity contribution is -0.124. The molecule has 9 nitrogen and oxygen atoms in total. The first-order valence-corrected chi connectivity index (χ1v) is 11.2. The van der Waals surface area contributed by atoms with Crippen LogP contribution in [-0.4, -0.2) is 60.5 Å². The average molecular weight is 439 g/mol. The number of sulfonamides is 1. The number of rotatable bonds is 7. The fraction of sp³-hybridized carbons (Fsp3) is 0.500. The molecule has 0 unspecified atom stereocenters. The summed E-state index contributed by atoms with van der Waals surface area (Å²) < 4.78 is 27.0. The quantitative estimate of drug-likeness (QED) is 0.480. The number of hydrogen-bond acceptors (Lipinski definition) is 5. The Labute approximate surface area is 177 Å². The molecular weight excluding hydrogens is 408 g/mol. The SMILES string of the molecule is C=C(O)[C@H](CNC(=O)NC(C)(C)C)NC(=O)[C@@H]1CCCN1S(=O)(=O)c1ccccc1. The van der Waals surface area contributed by atoms with E-state index in [1.54, 1.807) is 18.2 Å². The second kappa shape index (κ2) is 9.48. The second-order valence-corrected chi connectivity index (χ2v) is 10.1. The van der Waals surface area contributed by atoms with Crippen LogP contribution in [0.4, 0.5) is 4.79 Å². The smallest absolute Gasteiger partial charge is 0.315 e. The van der Waals surface area contributed by atoms with Gasteiger partial charge in [0.1, 0.15) is 17.8 Å². The van der Waals surface area contributed by atoms with Crippen molar-refractivity contribution in [3.63, 3.8) is 0 Å². The summed E-state index contributed by atoms with van der Waals surface area (Å²) >= 11 is 0. The monoisotopic (exact) mass is 438 g/mol. The number of aliphatic hydroxyl groups excluding tert-OH is 1. The number of nitrogens with one attached hydrogen (secondary N) is 3. The minimum atomic E-state index is -3.83. The molecule has 0 aromatic heterocycles. The standard InChI is InChI=1S/C20H30N4O5S/c1-14(25)16(13-21-19(27)23-20(2,3)4)22-18(26)17-11-8-12-24(17)30(28,29)15-9-6-5-7-10-15/h5-7,9-10,16-17,25H,1,8,11-13H2,2-4H3,(H,22,26)(H2,21,23,27)/t16-,17-/m0/s1. The number of nitrogens with zero attached hydrogens (tertiary/aromatic N) is 1. The minimum Gasteiger partial charge on any atom is -0.511 e. The molecule has 1 heterocycles. The third kappa shape index (κ3) is 6.20. The summed E-state index contributed by atoms with van der Waals surface area (Å²) in [5, 5.41) is 17.7. The molecule has 2 rings (SSSR count). The van der Waals surface area contributed by atoms with Gasteiger partial charge in [0, 0.05) is 18.6 Å². The Morgan fingerprint density at radius 2 is 1.90 bits per heavy atom. The van der Waals surface area contributed by atoms with E-state index >= 15 is 0 Å². The Kier molecular flexibility index (Phi) is 7.49. The third-order valence-electron chi connectivity index (χ3n) is 4.53. The van der Waals surface area contributed by atoms with E-state index in [2.05, 4.69) is 22.5 Å². The lowest BCUT2D eigenvalue weighted by Gasteiger charge is -2.26. The summed E-state index contributed by atoms with van der Waals surface area (Å²) in [4.78, 5) is 24.9. The van der Waals surface area contributed by atoms with Gasteiger partial charge in [0.15, 0.2) is 0 Å². The van der Waals surface area contributed by atoms with Crippen molar-refractivity contribution >= 4 is 22.0 Å². The van der Waals surface area contributed by atoms with E-state index in [1.807, 2.05) is 20.8 Å². The predicted molar refractivity (Wildman–Crippen MR) is 113 cm³/mol. The molecule has 1 aromatic rings. The van der Waals surface area contributed by atoms with Crippen LogP contribution in [0.2, 0.25) is 0 Å². The van der Waals surface area contributed by atoms with Gasteiger partial charge in [-0.2, -0.15) is 4.31 Å². The Balaban J connectivity index is 2.06. The predicted octanol–water partition coefficient (Wildman–Crippen LogP) is 1.49. The Bertz CT molecular complexity index is 880. The topological polar surface area (TPSA) is 128 Å². The lowest BCUT2D eigenvalue weighted by Crippen LogP contribution is -2.54. The zero-order valence-electron chi connectivity index (χ0n) is 17.5. The van der Waals surface area contributed by atoms with E-state index in [1.165, 1.54) is 16.4 Å². The van der Waals surface area contributed by atoms with E-state index in [9.17, 15) is 23.1 Å². The van der Waals surface area contributed by atoms with Gasteiger partial charge in [0.2, 0.25) is 15.9 Å². The number of urea groups is 1. The lowest BCUT2D eigenvalue weighted by atomic mass is 10.1. The van der Waals surface area contributed by atoms with Crippen LogP contribution in [0, 0.1) is 0 Å². The number of carbonyl (C=O) groups excluding carboxylic acids is 2. The number of hydrogen-bond donors (Lipinski definition) is 4. The van der Waals surface area contributed by atoms with Crippen LogP contribution in [0.15, 0.2) is 47.6 Å². The largest absolute Gasteiger partial charge is 0.511 e. The van der Waals surface area contributed by atoms with Crippen LogP contribution in [0.3, 0.4) is 0 Å². The van der Waals surface area contributed by atoms with Crippen molar-refractivity contribution in [3.05, 3.63) is 42.7 Å². The number of amides is 3. The van der Waals surface area contributed by atoms with Crippen molar-refractivity contribution in [3.8, 4) is 0 Å². The van der Waals surface area contributed by atoms with Crippen molar-refractivity contribution in [2.45, 2.75) is 56.1 Å². The molecule has 1 aliphatic rings. The van der Waals surface area contributed by atoms with Crippen LogP contribution in [0.5, 0.6) is 0 Å². The van der Waals surface area contributed by atoms with Crippen molar-refractivity contribution in [1.82, 2.24) is 20.3 Å². The molecule has 2 atom stereocenters. The van der Waals surface area contributed by atoms with Gasteiger partial charge in [0.05, 0.1) is 4.90 Å². The van der Waals surface area contributed by atoms with Crippen molar-refractivity contribution in [1.29, 1.82) is 0 Å². The minimum absolute atomic E-state index is 0.0961. The summed E-state index contributed by atoms with van der Waals surface area (Å²) in [7, 11) is -3.83. The molecule has 0 saturated carbocycles. The fourth-order valence-electron chi connectivity index (χ4n) is 3.12. The Morgan fingerprint density at radius 3 is 2.47 bits per heavy atom. The molecule has 4 N–H and O–H groups in total. The van der Waals surface area contributed by atoms with Gasteiger partial charge in [0.25, 0.3) is 0 Å². The van der Waals surface area contributed by atoms with Crippen molar-refractivity contribution < 1.29 is 23.1 Å². The maximum absolute atomic E-state index is 12.9. The van der Waals surface area contributed by atoms with Crippen LogP contribution in [0.25, 0.3) is 0 Å². The molecule has 0 radical (unpaired) electrons. The molecule has 0 aliphatic carbocycles. The van der Waals surface area contributed by atoms with Crippen LogP contribution in [-0.2, 0) is 14.8 Å². The zero-order chi connectivity index (χ0) is 22.5. The van der Waals surface area contributed by atoms with Crippen molar-refractivity contribution in [2.24, 2.45) is 0 Å². The van der Waals surface area contributed by atoms with E-state index in [0.29, 0.717) is 12.8 Å². The van der Waals surface area contributed by atoms with E-state index in [-0.39, 0.29) is 23.7 Å². The number of carbonyl (C=O) groups is 2. The number of benzene rings is 1. The van der Waals surface area contributed by atoms with E-state index < -0.39 is 39.6 Å². The second-order valence-electron chi connectivity index (χ2n) is 8.22. The molecule has 1 aromatic carbocycles. The molecule has 0 spiro atoms. The number of aliphatic hydroxyl groups is 1. The molecule has 1 aliphatic heterocycles. The summed E-state index contributed by atoms with van der Waals surface area (Å²) in [5.41, 5.74) is -0.449. The fourth-order valence-corrected chi connectivity index (χ4v) is 4.79. The van der Waals surface area contributed by atoms with E-state index in [4.69, 9.17) is 0 Å². The maximum Gasteiger partial charge on any atom is 0.315 e. The van der Waals surface area contributed by atoms with Crippen LogP contribution < -0.4 is 16.0 Å². The van der Waals surface area contributed by atoms with Gasteiger partial charge in [-0.1, -0.05) is 24.8 Å². The molecule has 166 valence electrons. The summed E-state index contributed by atoms with van der Waals surface area (Å²) in [5.74, 6) is -0.889. The first kappa shape index (κ1) is 23.7. The normalized spacial score (nSPS) is 18.4. The molecule has 1 saturated heterocycles. The van der Waals surface area contributed by atoms with Gasteiger partial charge in [-0.3, -0.25) is 4.79 Å². The highest BCUT2D eigenvalue weighted by Gasteiger charge is 2.40. The maximum atomic E-state index is 12.9. The van der Waals surface area contributed by atoms with Crippen LogP contribution >= 0.6 is 0 Å². The highest BCUT2D eigenvalue weighted by atomic mass is 32.2. The van der Waals surface area contributed by atoms with Crippen LogP contribution in [0.1, 0.15) is 33.6 Å². The molecule has 30 heavy (non-hydrogen) atoms. The first-order valence-electron chi connectivity index (χ1n) is 9.73. The average Bonchev–Trinajstić information content (AvgIpc) is 3.15. The third-order valence-corrected chi connectivity index (χ3v) is 6.45. The Hall–Kier alpha value is -2.59. The molecular formula is C20H30N4O5S. The first-order chi connectivity index (χ1) is 13.9.